The molecule has 0 saturated heterocycles. The van der Waals surface area contributed by atoms with Crippen LogP contribution in [0, 0.1) is 0 Å². The standard InChI is InChI=1S/C20H17N5O2/c1-21-19(26)18-12-15(9-10-22-18)27-14-7-8-16-17(11-14)25-20(24-16)23-13-5-3-2-4-6-13/h2-12H,1H3,(H,21,26)(H2,23,24,25). The number of rotatable bonds is 5. The molecule has 27 heavy (non-hydrogen) atoms. The number of aromatic nitrogens is 3. The van der Waals surface area contributed by atoms with Crippen LogP contribution in [0.4, 0.5) is 11.6 Å². The largest absolute Gasteiger partial charge is 0.457 e. The average Bonchev–Trinajstić information content (AvgIpc) is 3.10. The van der Waals surface area contributed by atoms with Crippen molar-refractivity contribution in [2.45, 2.75) is 0 Å². The zero-order valence-electron chi connectivity index (χ0n) is 14.6. The molecule has 2 aromatic heterocycles. The molecule has 4 aromatic rings. The summed E-state index contributed by atoms with van der Waals surface area (Å²) in [5, 5.41) is 5.77. The van der Waals surface area contributed by atoms with Gasteiger partial charge in [0.25, 0.3) is 5.91 Å². The maximum atomic E-state index is 11.7. The van der Waals surface area contributed by atoms with Crippen LogP contribution in [-0.4, -0.2) is 27.9 Å². The van der Waals surface area contributed by atoms with Crippen molar-refractivity contribution < 1.29 is 9.53 Å². The molecule has 2 heterocycles. The third-order valence-electron chi connectivity index (χ3n) is 3.92. The van der Waals surface area contributed by atoms with E-state index in [9.17, 15) is 4.79 Å². The van der Waals surface area contributed by atoms with E-state index in [1.54, 1.807) is 19.2 Å². The van der Waals surface area contributed by atoms with Crippen molar-refractivity contribution in [2.24, 2.45) is 0 Å². The number of hydrogen-bond acceptors (Lipinski definition) is 5. The minimum Gasteiger partial charge on any atom is -0.457 e. The molecule has 0 atom stereocenters. The van der Waals surface area contributed by atoms with Crippen LogP contribution in [0.1, 0.15) is 10.5 Å². The zero-order chi connectivity index (χ0) is 18.6. The topological polar surface area (TPSA) is 91.9 Å². The molecule has 4 rings (SSSR count). The quantitative estimate of drug-likeness (QED) is 0.503. The number of pyridine rings is 1. The lowest BCUT2D eigenvalue weighted by atomic mass is 10.3. The summed E-state index contributed by atoms with van der Waals surface area (Å²) < 4.78 is 5.86. The Labute approximate surface area is 155 Å². The van der Waals surface area contributed by atoms with E-state index in [-0.39, 0.29) is 5.91 Å². The first kappa shape index (κ1) is 16.6. The third kappa shape index (κ3) is 3.72. The Bertz CT molecular complexity index is 1090. The number of H-pyrrole nitrogens is 1. The monoisotopic (exact) mass is 359 g/mol. The normalized spacial score (nSPS) is 10.6. The van der Waals surface area contributed by atoms with Gasteiger partial charge in [-0.15, -0.1) is 0 Å². The fraction of sp³-hybridized carbons (Fsp3) is 0.0500. The van der Waals surface area contributed by atoms with Gasteiger partial charge in [0.15, 0.2) is 0 Å². The van der Waals surface area contributed by atoms with Crippen LogP contribution in [0.15, 0.2) is 66.9 Å². The van der Waals surface area contributed by atoms with E-state index in [0.717, 1.165) is 16.7 Å². The van der Waals surface area contributed by atoms with Gasteiger partial charge in [-0.25, -0.2) is 4.98 Å². The summed E-state index contributed by atoms with van der Waals surface area (Å²) in [7, 11) is 1.56. The molecule has 0 bridgehead atoms. The Hall–Kier alpha value is -3.87. The first-order valence-corrected chi connectivity index (χ1v) is 8.39. The van der Waals surface area contributed by atoms with Gasteiger partial charge in [0, 0.05) is 31.1 Å². The number of imidazole rings is 1. The summed E-state index contributed by atoms with van der Waals surface area (Å²) in [6.07, 6.45) is 1.54. The van der Waals surface area contributed by atoms with Crippen LogP contribution < -0.4 is 15.4 Å². The lowest BCUT2D eigenvalue weighted by Gasteiger charge is -2.06. The number of para-hydroxylation sites is 1. The van der Waals surface area contributed by atoms with Crippen LogP contribution in [0.3, 0.4) is 0 Å². The van der Waals surface area contributed by atoms with E-state index < -0.39 is 0 Å². The molecule has 7 heteroatoms. The highest BCUT2D eigenvalue weighted by Gasteiger charge is 2.08. The summed E-state index contributed by atoms with van der Waals surface area (Å²) in [6.45, 7) is 0. The van der Waals surface area contributed by atoms with Crippen molar-refractivity contribution in [1.82, 2.24) is 20.3 Å². The Morgan fingerprint density at radius 1 is 1.04 bits per heavy atom. The minimum atomic E-state index is -0.263. The number of nitrogens with zero attached hydrogens (tertiary/aromatic N) is 2. The number of hydrogen-bond donors (Lipinski definition) is 3. The number of amides is 1. The van der Waals surface area contributed by atoms with Gasteiger partial charge < -0.3 is 20.4 Å². The molecule has 1 amide bonds. The van der Waals surface area contributed by atoms with Gasteiger partial charge in [0.2, 0.25) is 5.95 Å². The van der Waals surface area contributed by atoms with Crippen LogP contribution in [-0.2, 0) is 0 Å². The molecule has 134 valence electrons. The summed E-state index contributed by atoms with van der Waals surface area (Å²) in [5.74, 6) is 1.55. The van der Waals surface area contributed by atoms with E-state index in [1.807, 2.05) is 48.5 Å². The SMILES string of the molecule is CNC(=O)c1cc(Oc2ccc3nc(Nc4ccccc4)[nH]c3c2)ccn1. The summed E-state index contributed by atoms with van der Waals surface area (Å²) in [4.78, 5) is 23.5. The van der Waals surface area contributed by atoms with Crippen molar-refractivity contribution in [1.29, 1.82) is 0 Å². The second kappa shape index (κ2) is 7.17. The Morgan fingerprint density at radius 2 is 1.85 bits per heavy atom. The number of anilines is 2. The van der Waals surface area contributed by atoms with Crippen molar-refractivity contribution in [3.63, 3.8) is 0 Å². The molecule has 0 radical (unpaired) electrons. The number of nitrogens with one attached hydrogen (secondary N) is 3. The highest BCUT2D eigenvalue weighted by molar-refractivity contribution is 5.92. The van der Waals surface area contributed by atoms with Crippen molar-refractivity contribution in [2.75, 3.05) is 12.4 Å². The molecule has 0 aliphatic heterocycles. The first-order chi connectivity index (χ1) is 13.2. The molecular formula is C20H17N5O2. The van der Waals surface area contributed by atoms with E-state index in [0.29, 0.717) is 23.1 Å². The molecule has 2 aromatic carbocycles. The number of fused-ring (bicyclic) bond motifs is 1. The maximum Gasteiger partial charge on any atom is 0.269 e. The van der Waals surface area contributed by atoms with E-state index >= 15 is 0 Å². The molecular weight excluding hydrogens is 342 g/mol. The second-order valence-corrected chi connectivity index (χ2v) is 5.81. The smallest absolute Gasteiger partial charge is 0.269 e. The molecule has 0 unspecified atom stereocenters. The Morgan fingerprint density at radius 3 is 2.67 bits per heavy atom. The lowest BCUT2D eigenvalue weighted by Crippen LogP contribution is -2.18. The maximum absolute atomic E-state index is 11.7. The average molecular weight is 359 g/mol. The fourth-order valence-corrected chi connectivity index (χ4v) is 2.63. The van der Waals surface area contributed by atoms with E-state index in [1.165, 1.54) is 6.20 Å². The van der Waals surface area contributed by atoms with Gasteiger partial charge >= 0.3 is 0 Å². The van der Waals surface area contributed by atoms with E-state index in [4.69, 9.17) is 4.74 Å². The van der Waals surface area contributed by atoms with Crippen LogP contribution in [0.2, 0.25) is 0 Å². The molecule has 0 fully saturated rings. The third-order valence-corrected chi connectivity index (χ3v) is 3.92. The number of carbonyl (C=O) groups is 1. The van der Waals surface area contributed by atoms with Gasteiger partial charge in [-0.2, -0.15) is 0 Å². The van der Waals surface area contributed by atoms with Gasteiger partial charge in [-0.05, 0) is 30.3 Å². The highest BCUT2D eigenvalue weighted by Crippen LogP contribution is 2.26. The fourth-order valence-electron chi connectivity index (χ4n) is 2.63. The molecule has 3 N–H and O–H groups in total. The van der Waals surface area contributed by atoms with Crippen LogP contribution >= 0.6 is 0 Å². The molecule has 0 aliphatic carbocycles. The van der Waals surface area contributed by atoms with Gasteiger partial charge in [-0.3, -0.25) is 9.78 Å². The van der Waals surface area contributed by atoms with E-state index in [2.05, 4.69) is 25.6 Å². The van der Waals surface area contributed by atoms with Gasteiger partial charge in [0.1, 0.15) is 17.2 Å². The van der Waals surface area contributed by atoms with Gasteiger partial charge in [-0.1, -0.05) is 18.2 Å². The summed E-state index contributed by atoms with van der Waals surface area (Å²) >= 11 is 0. The predicted octanol–water partition coefficient (Wildman–Crippen LogP) is 3.85. The Kier molecular flexibility index (Phi) is 4.40. The molecule has 0 spiro atoms. The van der Waals surface area contributed by atoms with Gasteiger partial charge in [0.05, 0.1) is 11.0 Å². The van der Waals surface area contributed by atoms with Crippen LogP contribution in [0.5, 0.6) is 11.5 Å². The van der Waals surface area contributed by atoms with Crippen LogP contribution in [0.25, 0.3) is 11.0 Å². The summed E-state index contributed by atoms with van der Waals surface area (Å²) in [5.41, 5.74) is 2.91. The second-order valence-electron chi connectivity index (χ2n) is 5.81. The minimum absolute atomic E-state index is 0.263. The van der Waals surface area contributed by atoms with Crippen molar-refractivity contribution in [3.8, 4) is 11.5 Å². The first-order valence-electron chi connectivity index (χ1n) is 8.39. The number of carbonyl (C=O) groups excluding carboxylic acids is 1. The molecule has 0 saturated carbocycles. The predicted molar refractivity (Wildman–Crippen MR) is 104 cm³/mol. The number of ether oxygens (including phenoxy) is 1. The van der Waals surface area contributed by atoms with Crippen molar-refractivity contribution in [3.05, 3.63) is 72.6 Å². The molecule has 7 nitrogen and oxygen atoms in total. The number of aromatic amines is 1. The number of benzene rings is 2. The van der Waals surface area contributed by atoms with Crippen molar-refractivity contribution >= 4 is 28.6 Å². The lowest BCUT2D eigenvalue weighted by molar-refractivity contribution is 0.0958. The Balaban J connectivity index is 1.56. The summed E-state index contributed by atoms with van der Waals surface area (Å²) in [6, 6.07) is 18.7. The molecule has 0 aliphatic rings. The highest BCUT2D eigenvalue weighted by atomic mass is 16.5. The zero-order valence-corrected chi connectivity index (χ0v) is 14.6.